The number of nitrogens with two attached hydrogens (primary N) is 1. The molecule has 0 saturated carbocycles. The Kier molecular flexibility index (Phi) is 6.60. The van der Waals surface area contributed by atoms with Gasteiger partial charge in [-0.1, -0.05) is 0 Å². The van der Waals surface area contributed by atoms with Crippen molar-refractivity contribution in [1.29, 1.82) is 0 Å². The van der Waals surface area contributed by atoms with Gasteiger partial charge in [0.15, 0.2) is 9.84 Å². The smallest absolute Gasteiger partial charge is 0.269 e. The monoisotopic (exact) mass is 289 g/mol. The molecule has 0 spiro atoms. The second kappa shape index (κ2) is 7.17. The van der Waals surface area contributed by atoms with Crippen molar-refractivity contribution in [3.63, 3.8) is 0 Å². The fourth-order valence-electron chi connectivity index (χ4n) is 0.815. The number of nitrogens with zero attached hydrogens (tertiary/aromatic N) is 2. The highest BCUT2D eigenvalue weighted by atomic mass is 32.2. The van der Waals surface area contributed by atoms with Gasteiger partial charge in [0.1, 0.15) is 0 Å². The van der Waals surface area contributed by atoms with Gasteiger partial charge >= 0.3 is 0 Å². The summed E-state index contributed by atoms with van der Waals surface area (Å²) < 4.78 is 21.9. The third-order valence-electron chi connectivity index (χ3n) is 2.29. The summed E-state index contributed by atoms with van der Waals surface area (Å²) in [6.45, 7) is 1.94. The third kappa shape index (κ3) is 6.85. The highest BCUT2D eigenvalue weighted by Gasteiger charge is 2.09. The average Bonchev–Trinajstić information content (AvgIpc) is 2.28. The van der Waals surface area contributed by atoms with E-state index < -0.39 is 14.8 Å². The summed E-state index contributed by atoms with van der Waals surface area (Å²) in [6.07, 6.45) is 1.23. The Hall–Kier alpha value is -1.51. The first-order valence-electron chi connectivity index (χ1n) is 5.42. The van der Waals surface area contributed by atoms with Gasteiger partial charge in [-0.05, 0) is 33.2 Å². The van der Waals surface area contributed by atoms with E-state index in [2.05, 4.69) is 0 Å². The normalized spacial score (nSPS) is 12.5. The summed E-state index contributed by atoms with van der Waals surface area (Å²) in [6, 6.07) is 4.76. The average molecular weight is 289 g/mol. The molecule has 0 aromatic heterocycles. The van der Waals surface area contributed by atoms with E-state index in [1.54, 1.807) is 0 Å². The number of rotatable bonds is 3. The molecule has 7 nitrogen and oxygen atoms in total. The number of nitro groups is 1. The number of non-ortho nitro benzene ring substituents is 1. The van der Waals surface area contributed by atoms with Crippen LogP contribution in [0.1, 0.15) is 6.92 Å². The summed E-state index contributed by atoms with van der Waals surface area (Å²) in [5.41, 5.74) is 5.24. The molecule has 0 radical (unpaired) electrons. The molecule has 0 bridgehead atoms. The summed E-state index contributed by atoms with van der Waals surface area (Å²) >= 11 is 0. The Morgan fingerprint density at radius 2 is 1.63 bits per heavy atom. The Labute approximate surface area is 113 Å². The van der Waals surface area contributed by atoms with E-state index in [9.17, 15) is 18.5 Å². The molecule has 108 valence electrons. The second-order valence-electron chi connectivity index (χ2n) is 4.23. The summed E-state index contributed by atoms with van der Waals surface area (Å²) in [5.74, 6) is 0. The molecule has 0 heterocycles. The first kappa shape index (κ1) is 17.5. The molecule has 1 aromatic carbocycles. The van der Waals surface area contributed by atoms with Crippen molar-refractivity contribution in [2.45, 2.75) is 18.0 Å². The fraction of sp³-hybridized carbons (Fsp3) is 0.455. The van der Waals surface area contributed by atoms with Gasteiger partial charge in [-0.3, -0.25) is 15.0 Å². The van der Waals surface area contributed by atoms with Crippen LogP contribution in [-0.2, 0) is 9.84 Å². The highest BCUT2D eigenvalue weighted by molar-refractivity contribution is 7.90. The molecule has 1 atom stereocenters. The van der Waals surface area contributed by atoms with E-state index in [4.69, 9.17) is 5.73 Å². The molecule has 0 fully saturated rings. The molecule has 1 unspecified atom stereocenters. The minimum absolute atomic E-state index is 0.0816. The SMILES string of the molecule is CC(N)N(C)C.CS(=O)(=O)c1ccc([N+](=O)[O-])cc1. The predicted molar refractivity (Wildman–Crippen MR) is 73.5 cm³/mol. The van der Waals surface area contributed by atoms with E-state index in [1.807, 2.05) is 25.9 Å². The minimum atomic E-state index is -3.27. The molecule has 2 N–H and O–H groups in total. The Balaban J connectivity index is 0.000000459. The van der Waals surface area contributed by atoms with E-state index in [0.29, 0.717) is 0 Å². The molecule has 0 aliphatic rings. The van der Waals surface area contributed by atoms with Gasteiger partial charge in [-0.2, -0.15) is 0 Å². The lowest BCUT2D eigenvalue weighted by molar-refractivity contribution is -0.384. The molecule has 1 aromatic rings. The third-order valence-corrected chi connectivity index (χ3v) is 3.42. The van der Waals surface area contributed by atoms with Gasteiger partial charge < -0.3 is 5.73 Å². The van der Waals surface area contributed by atoms with Crippen molar-refractivity contribution in [2.24, 2.45) is 5.73 Å². The Bertz CT molecular complexity index is 503. The first-order valence-corrected chi connectivity index (χ1v) is 7.31. The maximum Gasteiger partial charge on any atom is 0.269 e. The lowest BCUT2D eigenvalue weighted by atomic mass is 10.3. The molecule has 0 aliphatic heterocycles. The van der Waals surface area contributed by atoms with Crippen LogP contribution in [0.25, 0.3) is 0 Å². The highest BCUT2D eigenvalue weighted by Crippen LogP contribution is 2.15. The van der Waals surface area contributed by atoms with Crippen molar-refractivity contribution in [2.75, 3.05) is 20.4 Å². The maximum atomic E-state index is 10.9. The van der Waals surface area contributed by atoms with Crippen LogP contribution in [0.5, 0.6) is 0 Å². The van der Waals surface area contributed by atoms with E-state index >= 15 is 0 Å². The summed E-state index contributed by atoms with van der Waals surface area (Å²) in [4.78, 5) is 11.7. The van der Waals surface area contributed by atoms with E-state index in [0.717, 1.165) is 18.4 Å². The molecule has 0 aliphatic carbocycles. The van der Waals surface area contributed by atoms with E-state index in [1.165, 1.54) is 12.1 Å². The van der Waals surface area contributed by atoms with Gasteiger partial charge in [0.05, 0.1) is 16.0 Å². The zero-order valence-corrected chi connectivity index (χ0v) is 12.2. The van der Waals surface area contributed by atoms with Crippen molar-refractivity contribution in [3.8, 4) is 0 Å². The van der Waals surface area contributed by atoms with Gasteiger partial charge in [-0.25, -0.2) is 8.42 Å². The topological polar surface area (TPSA) is 107 Å². The van der Waals surface area contributed by atoms with Crippen molar-refractivity contribution in [1.82, 2.24) is 4.90 Å². The number of benzene rings is 1. The van der Waals surface area contributed by atoms with Crippen LogP contribution in [0, 0.1) is 10.1 Å². The van der Waals surface area contributed by atoms with Crippen LogP contribution in [0.2, 0.25) is 0 Å². The van der Waals surface area contributed by atoms with Crippen LogP contribution in [0.15, 0.2) is 29.2 Å². The van der Waals surface area contributed by atoms with Crippen molar-refractivity contribution < 1.29 is 13.3 Å². The first-order chi connectivity index (χ1) is 8.55. The second-order valence-corrected chi connectivity index (χ2v) is 6.24. The Morgan fingerprint density at radius 1 is 1.26 bits per heavy atom. The van der Waals surface area contributed by atoms with Gasteiger partial charge in [0, 0.05) is 18.4 Å². The van der Waals surface area contributed by atoms with Crippen LogP contribution in [-0.4, -0.2) is 44.8 Å². The van der Waals surface area contributed by atoms with Gasteiger partial charge in [0.2, 0.25) is 0 Å². The van der Waals surface area contributed by atoms with Crippen LogP contribution >= 0.6 is 0 Å². The number of sulfone groups is 1. The fourth-order valence-corrected chi connectivity index (χ4v) is 1.45. The van der Waals surface area contributed by atoms with Crippen LogP contribution in [0.4, 0.5) is 5.69 Å². The predicted octanol–water partition coefficient (Wildman–Crippen LogP) is 0.851. The maximum absolute atomic E-state index is 10.9. The zero-order valence-electron chi connectivity index (χ0n) is 11.4. The molecule has 19 heavy (non-hydrogen) atoms. The zero-order chi connectivity index (χ0) is 15.2. The molecule has 0 amide bonds. The molecular formula is C11H19N3O4S. The Morgan fingerprint density at radius 3 is 1.84 bits per heavy atom. The molecule has 1 rings (SSSR count). The van der Waals surface area contributed by atoms with Crippen LogP contribution in [0.3, 0.4) is 0 Å². The number of nitro benzene ring substituents is 1. The quantitative estimate of drug-likeness (QED) is 0.502. The largest absolute Gasteiger partial charge is 0.316 e. The minimum Gasteiger partial charge on any atom is -0.316 e. The summed E-state index contributed by atoms with van der Waals surface area (Å²) in [5, 5.41) is 10.2. The van der Waals surface area contributed by atoms with Gasteiger partial charge in [0.25, 0.3) is 5.69 Å². The standard InChI is InChI=1S/C7H7NO4S.C4H12N2/c1-13(11,12)7-4-2-6(3-5-7)8(9)10;1-4(5)6(2)3/h2-5H,1H3;4H,5H2,1-3H3. The molecule has 8 heteroatoms. The lowest BCUT2D eigenvalue weighted by Crippen LogP contribution is -2.32. The summed E-state index contributed by atoms with van der Waals surface area (Å²) in [7, 11) is 0.630. The molecule has 0 saturated heterocycles. The van der Waals surface area contributed by atoms with Crippen molar-refractivity contribution >= 4 is 15.5 Å². The van der Waals surface area contributed by atoms with Crippen molar-refractivity contribution in [3.05, 3.63) is 34.4 Å². The van der Waals surface area contributed by atoms with E-state index in [-0.39, 0.29) is 16.7 Å². The number of hydrogen-bond acceptors (Lipinski definition) is 6. The lowest BCUT2D eigenvalue weighted by Gasteiger charge is -2.12. The van der Waals surface area contributed by atoms with Crippen LogP contribution < -0.4 is 5.73 Å². The van der Waals surface area contributed by atoms with Gasteiger partial charge in [-0.15, -0.1) is 0 Å². The molecular weight excluding hydrogens is 270 g/mol. The number of hydrogen-bond donors (Lipinski definition) is 1.